The number of aliphatic carboxylic acids is 1. The zero-order valence-electron chi connectivity index (χ0n) is 8.05. The first kappa shape index (κ1) is 10.3. The molecule has 2 N–H and O–H groups in total. The SMILES string of the molecule is CC(CCC1=CCCNC1)C(=O)O. The number of carboxylic acid groups (broad SMARTS) is 1. The molecule has 1 aliphatic heterocycles. The van der Waals surface area contributed by atoms with Gasteiger partial charge in [0, 0.05) is 6.54 Å². The van der Waals surface area contributed by atoms with Gasteiger partial charge >= 0.3 is 5.97 Å². The molecule has 0 saturated carbocycles. The highest BCUT2D eigenvalue weighted by Gasteiger charge is 2.11. The Morgan fingerprint density at radius 2 is 2.54 bits per heavy atom. The van der Waals surface area contributed by atoms with E-state index in [9.17, 15) is 4.79 Å². The second-order valence-electron chi connectivity index (χ2n) is 3.61. The van der Waals surface area contributed by atoms with E-state index in [2.05, 4.69) is 11.4 Å². The maximum Gasteiger partial charge on any atom is 0.306 e. The average Bonchev–Trinajstić information content (AvgIpc) is 2.15. The first-order valence-electron chi connectivity index (χ1n) is 4.81. The third-order valence-electron chi connectivity index (χ3n) is 2.43. The van der Waals surface area contributed by atoms with E-state index in [0.29, 0.717) is 0 Å². The number of rotatable bonds is 4. The predicted octanol–water partition coefficient (Wildman–Crippen LogP) is 1.41. The fourth-order valence-electron chi connectivity index (χ4n) is 1.42. The molecule has 1 atom stereocenters. The lowest BCUT2D eigenvalue weighted by Gasteiger charge is -2.14. The quantitative estimate of drug-likeness (QED) is 0.648. The average molecular weight is 183 g/mol. The molecule has 0 amide bonds. The summed E-state index contributed by atoms with van der Waals surface area (Å²) in [5.74, 6) is -0.910. The third-order valence-corrected chi connectivity index (χ3v) is 2.43. The Hall–Kier alpha value is -0.830. The third kappa shape index (κ3) is 3.59. The molecule has 0 aromatic carbocycles. The van der Waals surface area contributed by atoms with E-state index in [4.69, 9.17) is 5.11 Å². The smallest absolute Gasteiger partial charge is 0.306 e. The molecule has 0 aromatic rings. The summed E-state index contributed by atoms with van der Waals surface area (Å²) in [5, 5.41) is 11.9. The summed E-state index contributed by atoms with van der Waals surface area (Å²) < 4.78 is 0. The van der Waals surface area contributed by atoms with Crippen molar-refractivity contribution in [2.24, 2.45) is 5.92 Å². The Morgan fingerprint density at radius 1 is 1.77 bits per heavy atom. The number of hydrogen-bond donors (Lipinski definition) is 2. The van der Waals surface area contributed by atoms with Gasteiger partial charge in [-0.05, 0) is 25.8 Å². The van der Waals surface area contributed by atoms with Crippen molar-refractivity contribution in [2.45, 2.75) is 26.2 Å². The van der Waals surface area contributed by atoms with E-state index in [1.807, 2.05) is 0 Å². The van der Waals surface area contributed by atoms with Gasteiger partial charge in [0.25, 0.3) is 0 Å². The minimum atomic E-state index is -0.690. The summed E-state index contributed by atoms with van der Waals surface area (Å²) in [7, 11) is 0. The van der Waals surface area contributed by atoms with Crippen molar-refractivity contribution in [1.82, 2.24) is 5.32 Å². The van der Waals surface area contributed by atoms with E-state index >= 15 is 0 Å². The zero-order chi connectivity index (χ0) is 9.68. The van der Waals surface area contributed by atoms with Crippen molar-refractivity contribution >= 4 is 5.97 Å². The van der Waals surface area contributed by atoms with Crippen LogP contribution in [0.25, 0.3) is 0 Å². The van der Waals surface area contributed by atoms with Crippen LogP contribution in [-0.4, -0.2) is 24.2 Å². The molecule has 1 aliphatic rings. The van der Waals surface area contributed by atoms with E-state index in [0.717, 1.165) is 32.4 Å². The van der Waals surface area contributed by atoms with Crippen molar-refractivity contribution in [3.05, 3.63) is 11.6 Å². The lowest BCUT2D eigenvalue weighted by atomic mass is 9.99. The van der Waals surface area contributed by atoms with Crippen LogP contribution in [0.1, 0.15) is 26.2 Å². The highest BCUT2D eigenvalue weighted by atomic mass is 16.4. The molecule has 1 unspecified atom stereocenters. The van der Waals surface area contributed by atoms with Crippen molar-refractivity contribution in [1.29, 1.82) is 0 Å². The van der Waals surface area contributed by atoms with Gasteiger partial charge in [0.05, 0.1) is 5.92 Å². The number of hydrogen-bond acceptors (Lipinski definition) is 2. The molecule has 0 aromatic heterocycles. The molecular weight excluding hydrogens is 166 g/mol. The molecule has 0 saturated heterocycles. The van der Waals surface area contributed by atoms with Crippen LogP contribution >= 0.6 is 0 Å². The van der Waals surface area contributed by atoms with Crippen LogP contribution in [0.5, 0.6) is 0 Å². The van der Waals surface area contributed by atoms with Crippen LogP contribution in [0.2, 0.25) is 0 Å². The Balaban J connectivity index is 2.25. The van der Waals surface area contributed by atoms with E-state index in [1.165, 1.54) is 5.57 Å². The molecule has 0 spiro atoms. The number of carboxylic acids is 1. The Morgan fingerprint density at radius 3 is 3.08 bits per heavy atom. The van der Waals surface area contributed by atoms with Crippen molar-refractivity contribution in [2.75, 3.05) is 13.1 Å². The Labute approximate surface area is 78.8 Å². The standard InChI is InChI=1S/C10H17NO2/c1-8(10(12)13)4-5-9-3-2-6-11-7-9/h3,8,11H,2,4-7H2,1H3,(H,12,13). The second-order valence-corrected chi connectivity index (χ2v) is 3.61. The van der Waals surface area contributed by atoms with Gasteiger partial charge in [-0.1, -0.05) is 18.6 Å². The summed E-state index contributed by atoms with van der Waals surface area (Å²) in [6.07, 6.45) is 4.98. The van der Waals surface area contributed by atoms with Gasteiger partial charge in [0.1, 0.15) is 0 Å². The van der Waals surface area contributed by atoms with Crippen LogP contribution < -0.4 is 5.32 Å². The first-order chi connectivity index (χ1) is 6.20. The van der Waals surface area contributed by atoms with Gasteiger partial charge in [-0.3, -0.25) is 4.79 Å². The molecule has 1 heterocycles. The second kappa shape index (κ2) is 5.02. The maximum atomic E-state index is 10.5. The molecule has 74 valence electrons. The first-order valence-corrected chi connectivity index (χ1v) is 4.81. The molecule has 3 heteroatoms. The predicted molar refractivity (Wildman–Crippen MR) is 51.6 cm³/mol. The highest BCUT2D eigenvalue weighted by Crippen LogP contribution is 2.13. The van der Waals surface area contributed by atoms with Crippen LogP contribution in [0, 0.1) is 5.92 Å². The number of carbonyl (C=O) groups is 1. The molecule has 0 fully saturated rings. The van der Waals surface area contributed by atoms with E-state index < -0.39 is 5.97 Å². The number of nitrogens with one attached hydrogen (secondary N) is 1. The Kier molecular flexibility index (Phi) is 3.96. The normalized spacial score (nSPS) is 19.3. The summed E-state index contributed by atoms with van der Waals surface area (Å²) in [6.45, 7) is 3.75. The van der Waals surface area contributed by atoms with Crippen molar-refractivity contribution in [3.63, 3.8) is 0 Å². The van der Waals surface area contributed by atoms with Crippen molar-refractivity contribution < 1.29 is 9.90 Å². The van der Waals surface area contributed by atoms with Crippen LogP contribution in [-0.2, 0) is 4.79 Å². The lowest BCUT2D eigenvalue weighted by Crippen LogP contribution is -2.22. The van der Waals surface area contributed by atoms with Gasteiger partial charge in [-0.25, -0.2) is 0 Å². The van der Waals surface area contributed by atoms with E-state index in [-0.39, 0.29) is 5.92 Å². The lowest BCUT2D eigenvalue weighted by molar-refractivity contribution is -0.141. The topological polar surface area (TPSA) is 49.3 Å². The van der Waals surface area contributed by atoms with Gasteiger partial charge in [0.15, 0.2) is 0 Å². The minimum absolute atomic E-state index is 0.220. The molecule has 0 bridgehead atoms. The minimum Gasteiger partial charge on any atom is -0.481 e. The maximum absolute atomic E-state index is 10.5. The van der Waals surface area contributed by atoms with Gasteiger partial charge in [-0.2, -0.15) is 0 Å². The van der Waals surface area contributed by atoms with Gasteiger partial charge in [0.2, 0.25) is 0 Å². The van der Waals surface area contributed by atoms with Gasteiger partial charge < -0.3 is 10.4 Å². The Bertz CT molecular complexity index is 211. The monoisotopic (exact) mass is 183 g/mol. The largest absolute Gasteiger partial charge is 0.481 e. The summed E-state index contributed by atoms with van der Waals surface area (Å²) in [4.78, 5) is 10.5. The summed E-state index contributed by atoms with van der Waals surface area (Å²) in [5.41, 5.74) is 1.36. The fourth-order valence-corrected chi connectivity index (χ4v) is 1.42. The zero-order valence-corrected chi connectivity index (χ0v) is 8.05. The molecule has 0 aliphatic carbocycles. The molecular formula is C10H17NO2. The molecule has 1 rings (SSSR count). The van der Waals surface area contributed by atoms with Crippen LogP contribution in [0.4, 0.5) is 0 Å². The highest BCUT2D eigenvalue weighted by molar-refractivity contribution is 5.69. The van der Waals surface area contributed by atoms with Crippen LogP contribution in [0.3, 0.4) is 0 Å². The summed E-state index contributed by atoms with van der Waals surface area (Å²) >= 11 is 0. The summed E-state index contributed by atoms with van der Waals surface area (Å²) in [6, 6.07) is 0. The van der Waals surface area contributed by atoms with Crippen molar-refractivity contribution in [3.8, 4) is 0 Å². The molecule has 0 radical (unpaired) electrons. The van der Waals surface area contributed by atoms with E-state index in [1.54, 1.807) is 6.92 Å². The van der Waals surface area contributed by atoms with Gasteiger partial charge in [-0.15, -0.1) is 0 Å². The molecule has 3 nitrogen and oxygen atoms in total. The van der Waals surface area contributed by atoms with Crippen LogP contribution in [0.15, 0.2) is 11.6 Å². The fraction of sp³-hybridized carbons (Fsp3) is 0.700. The molecule has 13 heavy (non-hydrogen) atoms.